The minimum atomic E-state index is 0.195. The fourth-order valence-electron chi connectivity index (χ4n) is 3.95. The van der Waals surface area contributed by atoms with Crippen molar-refractivity contribution in [3.05, 3.63) is 0 Å². The molecule has 0 bridgehead atoms. The summed E-state index contributed by atoms with van der Waals surface area (Å²) in [5.41, 5.74) is 5.96. The van der Waals surface area contributed by atoms with E-state index in [1.165, 1.54) is 25.7 Å². The van der Waals surface area contributed by atoms with Crippen LogP contribution in [0.3, 0.4) is 0 Å². The Kier molecular flexibility index (Phi) is 5.26. The number of carbonyl (C=O) groups excluding carboxylic acids is 1. The molecule has 19 heavy (non-hydrogen) atoms. The van der Waals surface area contributed by atoms with Gasteiger partial charge in [0.15, 0.2) is 0 Å². The highest BCUT2D eigenvalue weighted by Crippen LogP contribution is 2.30. The van der Waals surface area contributed by atoms with Crippen molar-refractivity contribution in [2.24, 2.45) is 29.4 Å². The normalized spacial score (nSPS) is 39.8. The summed E-state index contributed by atoms with van der Waals surface area (Å²) in [6, 6.07) is 0.304. The fourth-order valence-corrected chi connectivity index (χ4v) is 3.95. The predicted molar refractivity (Wildman–Crippen MR) is 78.6 cm³/mol. The maximum Gasteiger partial charge on any atom is 0.223 e. The van der Waals surface area contributed by atoms with Gasteiger partial charge in [0, 0.05) is 18.5 Å². The van der Waals surface area contributed by atoms with Crippen molar-refractivity contribution < 1.29 is 4.79 Å². The number of carbonyl (C=O) groups is 1. The van der Waals surface area contributed by atoms with E-state index in [1.807, 2.05) is 0 Å². The van der Waals surface area contributed by atoms with Crippen LogP contribution in [0.5, 0.6) is 0 Å². The first-order valence-corrected chi connectivity index (χ1v) is 8.09. The van der Waals surface area contributed by atoms with Crippen LogP contribution in [-0.4, -0.2) is 18.5 Å². The van der Waals surface area contributed by atoms with Crippen molar-refractivity contribution in [2.75, 3.05) is 6.54 Å². The highest BCUT2D eigenvalue weighted by Gasteiger charge is 2.31. The smallest absolute Gasteiger partial charge is 0.223 e. The first kappa shape index (κ1) is 14.8. The molecular formula is C16H30N2O. The number of rotatable bonds is 3. The van der Waals surface area contributed by atoms with Gasteiger partial charge in [-0.05, 0) is 49.9 Å². The van der Waals surface area contributed by atoms with Crippen molar-refractivity contribution in [2.45, 2.75) is 64.8 Å². The zero-order chi connectivity index (χ0) is 13.8. The van der Waals surface area contributed by atoms with Crippen LogP contribution in [0.1, 0.15) is 58.8 Å². The van der Waals surface area contributed by atoms with Crippen molar-refractivity contribution in [1.29, 1.82) is 0 Å². The topological polar surface area (TPSA) is 55.1 Å². The standard InChI is InChI=1S/C16H30N2O/c1-11-4-3-5-13(8-11)10-18-16(19)15-7-6-14(17)9-12(15)2/h11-15H,3-10,17H2,1-2H3,(H,18,19). The third kappa shape index (κ3) is 4.20. The molecule has 0 aromatic heterocycles. The molecule has 2 rings (SSSR count). The Balaban J connectivity index is 1.74. The molecule has 0 aromatic rings. The number of hydrogen-bond donors (Lipinski definition) is 2. The van der Waals surface area contributed by atoms with Crippen LogP contribution in [0.25, 0.3) is 0 Å². The summed E-state index contributed by atoms with van der Waals surface area (Å²) in [4.78, 5) is 12.3. The molecule has 110 valence electrons. The second-order valence-electron chi connectivity index (χ2n) is 7.04. The van der Waals surface area contributed by atoms with Gasteiger partial charge in [-0.2, -0.15) is 0 Å². The molecule has 3 N–H and O–H groups in total. The van der Waals surface area contributed by atoms with Crippen LogP contribution < -0.4 is 11.1 Å². The Hall–Kier alpha value is -0.570. The molecule has 0 spiro atoms. The van der Waals surface area contributed by atoms with E-state index < -0.39 is 0 Å². The van der Waals surface area contributed by atoms with E-state index in [2.05, 4.69) is 19.2 Å². The van der Waals surface area contributed by atoms with Crippen LogP contribution in [-0.2, 0) is 4.79 Å². The summed E-state index contributed by atoms with van der Waals surface area (Å²) < 4.78 is 0. The molecule has 0 aromatic carbocycles. The molecule has 2 aliphatic rings. The largest absolute Gasteiger partial charge is 0.356 e. The number of hydrogen-bond acceptors (Lipinski definition) is 2. The van der Waals surface area contributed by atoms with Crippen molar-refractivity contribution in [3.63, 3.8) is 0 Å². The van der Waals surface area contributed by atoms with E-state index in [0.29, 0.717) is 17.9 Å². The van der Waals surface area contributed by atoms with Gasteiger partial charge in [0.05, 0.1) is 0 Å². The van der Waals surface area contributed by atoms with Gasteiger partial charge in [0.25, 0.3) is 0 Å². The van der Waals surface area contributed by atoms with E-state index in [1.54, 1.807) is 0 Å². The Morgan fingerprint density at radius 3 is 2.63 bits per heavy atom. The molecule has 2 fully saturated rings. The molecule has 2 aliphatic carbocycles. The molecule has 3 nitrogen and oxygen atoms in total. The minimum Gasteiger partial charge on any atom is -0.356 e. The summed E-state index contributed by atoms with van der Waals surface area (Å²) in [6.07, 6.45) is 8.23. The molecule has 1 amide bonds. The third-order valence-corrected chi connectivity index (χ3v) is 5.16. The lowest BCUT2D eigenvalue weighted by molar-refractivity contribution is -0.127. The van der Waals surface area contributed by atoms with Gasteiger partial charge in [0.1, 0.15) is 0 Å². The average molecular weight is 266 g/mol. The van der Waals surface area contributed by atoms with E-state index >= 15 is 0 Å². The average Bonchev–Trinajstić information content (AvgIpc) is 2.36. The summed E-state index contributed by atoms with van der Waals surface area (Å²) in [5, 5.41) is 3.21. The highest BCUT2D eigenvalue weighted by atomic mass is 16.1. The van der Waals surface area contributed by atoms with Gasteiger partial charge >= 0.3 is 0 Å². The summed E-state index contributed by atoms with van der Waals surface area (Å²) in [5.74, 6) is 2.45. The van der Waals surface area contributed by atoms with Crippen LogP contribution in [0, 0.1) is 23.7 Å². The van der Waals surface area contributed by atoms with Gasteiger partial charge in [-0.1, -0.05) is 26.7 Å². The van der Waals surface area contributed by atoms with E-state index in [0.717, 1.165) is 31.7 Å². The SMILES string of the molecule is CC1CCCC(CNC(=O)C2CCC(N)CC2C)C1. The molecule has 0 saturated heterocycles. The van der Waals surface area contributed by atoms with E-state index in [9.17, 15) is 4.79 Å². The van der Waals surface area contributed by atoms with E-state index in [4.69, 9.17) is 5.73 Å². The third-order valence-electron chi connectivity index (χ3n) is 5.16. The van der Waals surface area contributed by atoms with Crippen molar-refractivity contribution in [3.8, 4) is 0 Å². The highest BCUT2D eigenvalue weighted by molar-refractivity contribution is 5.79. The quantitative estimate of drug-likeness (QED) is 0.825. The predicted octanol–water partition coefficient (Wildman–Crippen LogP) is 2.69. The first-order chi connectivity index (χ1) is 9.06. The molecule has 0 heterocycles. The molecule has 2 saturated carbocycles. The number of nitrogens with one attached hydrogen (secondary N) is 1. The monoisotopic (exact) mass is 266 g/mol. The molecule has 5 atom stereocenters. The van der Waals surface area contributed by atoms with Crippen LogP contribution in [0.15, 0.2) is 0 Å². The molecule has 0 aliphatic heterocycles. The lowest BCUT2D eigenvalue weighted by Gasteiger charge is -2.32. The second kappa shape index (κ2) is 6.74. The van der Waals surface area contributed by atoms with E-state index in [-0.39, 0.29) is 11.8 Å². The molecule has 5 unspecified atom stereocenters. The Morgan fingerprint density at radius 2 is 1.95 bits per heavy atom. The Morgan fingerprint density at radius 1 is 1.16 bits per heavy atom. The molecule has 3 heteroatoms. The minimum absolute atomic E-state index is 0.195. The van der Waals surface area contributed by atoms with Crippen molar-refractivity contribution >= 4 is 5.91 Å². The van der Waals surface area contributed by atoms with Crippen molar-refractivity contribution in [1.82, 2.24) is 5.32 Å². The maximum atomic E-state index is 12.3. The van der Waals surface area contributed by atoms with Gasteiger partial charge in [0.2, 0.25) is 5.91 Å². The summed E-state index contributed by atoms with van der Waals surface area (Å²) >= 11 is 0. The van der Waals surface area contributed by atoms with Gasteiger partial charge in [-0.15, -0.1) is 0 Å². The van der Waals surface area contributed by atoms with Gasteiger partial charge in [-0.25, -0.2) is 0 Å². The lowest BCUT2D eigenvalue weighted by atomic mass is 9.77. The van der Waals surface area contributed by atoms with Crippen LogP contribution in [0.2, 0.25) is 0 Å². The fraction of sp³-hybridized carbons (Fsp3) is 0.938. The lowest BCUT2D eigenvalue weighted by Crippen LogP contribution is -2.42. The molecular weight excluding hydrogens is 236 g/mol. The Labute approximate surface area is 117 Å². The number of nitrogens with two attached hydrogens (primary N) is 1. The van der Waals surface area contributed by atoms with Crippen LogP contribution >= 0.6 is 0 Å². The first-order valence-electron chi connectivity index (χ1n) is 8.09. The maximum absolute atomic E-state index is 12.3. The second-order valence-corrected chi connectivity index (χ2v) is 7.04. The zero-order valence-electron chi connectivity index (χ0n) is 12.5. The zero-order valence-corrected chi connectivity index (χ0v) is 12.5. The van der Waals surface area contributed by atoms with Crippen LogP contribution in [0.4, 0.5) is 0 Å². The molecule has 0 radical (unpaired) electrons. The summed E-state index contributed by atoms with van der Waals surface area (Å²) in [7, 11) is 0. The van der Waals surface area contributed by atoms with Gasteiger partial charge in [-0.3, -0.25) is 4.79 Å². The Bertz CT molecular complexity index is 305. The van der Waals surface area contributed by atoms with Gasteiger partial charge < -0.3 is 11.1 Å². The summed E-state index contributed by atoms with van der Waals surface area (Å²) in [6.45, 7) is 5.39. The number of amides is 1.